The van der Waals surface area contributed by atoms with Crippen molar-refractivity contribution in [1.82, 2.24) is 9.97 Å². The molecule has 24 heavy (non-hydrogen) atoms. The van der Waals surface area contributed by atoms with Crippen molar-refractivity contribution in [3.05, 3.63) is 72.8 Å². The highest BCUT2D eigenvalue weighted by Gasteiger charge is 2.14. The molecule has 0 atom stereocenters. The number of benzene rings is 3. The largest absolute Gasteiger partial charge is 0.223 e. The van der Waals surface area contributed by atoms with E-state index in [9.17, 15) is 0 Å². The molecule has 0 unspecified atom stereocenters. The molecule has 3 aromatic carbocycles. The highest BCUT2D eigenvalue weighted by atomic mass is 32.1. The number of thiazole rings is 2. The standard InChI is InChI=1S/C20H12N2S2/c1-2-8-14(9-3-1)17-21-19-20(23-17)22-18(24-19)16-12-6-10-13-7-4-5-11-15(13)16/h1-12H. The summed E-state index contributed by atoms with van der Waals surface area (Å²) in [6.45, 7) is 0. The molecule has 2 nitrogen and oxygen atoms in total. The molecular weight excluding hydrogens is 332 g/mol. The van der Waals surface area contributed by atoms with Gasteiger partial charge in [-0.25, -0.2) is 9.97 Å². The summed E-state index contributed by atoms with van der Waals surface area (Å²) in [4.78, 5) is 11.7. The number of rotatable bonds is 2. The molecule has 0 bridgehead atoms. The van der Waals surface area contributed by atoms with Gasteiger partial charge in [-0.3, -0.25) is 0 Å². The van der Waals surface area contributed by atoms with E-state index in [1.807, 2.05) is 18.2 Å². The maximum Gasteiger partial charge on any atom is 0.155 e. The van der Waals surface area contributed by atoms with Crippen molar-refractivity contribution >= 4 is 43.1 Å². The molecule has 0 N–H and O–H groups in total. The summed E-state index contributed by atoms with van der Waals surface area (Å²) in [5, 5.41) is 4.56. The minimum atomic E-state index is 1.02. The number of hydrogen-bond donors (Lipinski definition) is 0. The van der Waals surface area contributed by atoms with E-state index < -0.39 is 0 Å². The third-order valence-electron chi connectivity index (χ3n) is 4.02. The SMILES string of the molecule is c1ccc(-c2nc3sc(-c4cccc5ccccc45)nc3s2)cc1. The van der Waals surface area contributed by atoms with Gasteiger partial charge in [0.2, 0.25) is 0 Å². The van der Waals surface area contributed by atoms with E-state index in [0.717, 1.165) is 25.2 Å². The van der Waals surface area contributed by atoms with Crippen LogP contribution in [-0.4, -0.2) is 9.97 Å². The summed E-state index contributed by atoms with van der Waals surface area (Å²) in [5.41, 5.74) is 2.34. The fourth-order valence-corrected chi connectivity index (χ4v) is 4.96. The van der Waals surface area contributed by atoms with Crippen LogP contribution in [0.4, 0.5) is 0 Å². The van der Waals surface area contributed by atoms with Crippen LogP contribution in [0.25, 0.3) is 41.6 Å². The minimum Gasteiger partial charge on any atom is -0.223 e. The molecule has 0 amide bonds. The van der Waals surface area contributed by atoms with Crippen LogP contribution in [0.2, 0.25) is 0 Å². The highest BCUT2D eigenvalue weighted by Crippen LogP contribution is 2.38. The normalized spacial score (nSPS) is 11.3. The Kier molecular flexibility index (Phi) is 3.18. The van der Waals surface area contributed by atoms with Crippen LogP contribution in [0.1, 0.15) is 0 Å². The van der Waals surface area contributed by atoms with Crippen molar-refractivity contribution in [2.24, 2.45) is 0 Å². The van der Waals surface area contributed by atoms with Gasteiger partial charge < -0.3 is 0 Å². The monoisotopic (exact) mass is 344 g/mol. The second kappa shape index (κ2) is 5.51. The van der Waals surface area contributed by atoms with Crippen molar-refractivity contribution in [3.8, 4) is 21.1 Å². The molecule has 0 spiro atoms. The molecule has 0 aliphatic rings. The first-order valence-electron chi connectivity index (χ1n) is 7.69. The molecule has 0 radical (unpaired) electrons. The molecular formula is C20H12N2S2. The molecule has 0 aliphatic heterocycles. The first-order valence-corrected chi connectivity index (χ1v) is 9.33. The van der Waals surface area contributed by atoms with Crippen LogP contribution in [0.3, 0.4) is 0 Å². The van der Waals surface area contributed by atoms with Crippen LogP contribution in [0, 0.1) is 0 Å². The summed E-state index contributed by atoms with van der Waals surface area (Å²) in [5.74, 6) is 0. The average Bonchev–Trinajstić information content (AvgIpc) is 3.21. The summed E-state index contributed by atoms with van der Waals surface area (Å²) >= 11 is 3.33. The van der Waals surface area contributed by atoms with Gasteiger partial charge >= 0.3 is 0 Å². The Balaban J connectivity index is 1.65. The first-order chi connectivity index (χ1) is 11.9. The lowest BCUT2D eigenvalue weighted by atomic mass is 10.1. The van der Waals surface area contributed by atoms with E-state index in [0.29, 0.717) is 0 Å². The Morgan fingerprint density at radius 1 is 0.583 bits per heavy atom. The number of hydrogen-bond acceptors (Lipinski definition) is 4. The van der Waals surface area contributed by atoms with Crippen molar-refractivity contribution in [3.63, 3.8) is 0 Å². The van der Waals surface area contributed by atoms with E-state index in [1.165, 1.54) is 16.3 Å². The molecule has 4 heteroatoms. The molecule has 114 valence electrons. The molecule has 2 aromatic heterocycles. The quantitative estimate of drug-likeness (QED) is 0.379. The predicted molar refractivity (Wildman–Crippen MR) is 104 cm³/mol. The molecule has 5 rings (SSSR count). The van der Waals surface area contributed by atoms with Crippen molar-refractivity contribution in [2.75, 3.05) is 0 Å². The second-order valence-corrected chi connectivity index (χ2v) is 7.50. The topological polar surface area (TPSA) is 25.8 Å². The van der Waals surface area contributed by atoms with Crippen molar-refractivity contribution in [1.29, 1.82) is 0 Å². The third kappa shape index (κ3) is 2.23. The second-order valence-electron chi connectivity index (χ2n) is 5.54. The zero-order valence-corrected chi connectivity index (χ0v) is 14.3. The predicted octanol–water partition coefficient (Wildman–Crippen LogP) is 6.24. The molecule has 2 heterocycles. The van der Waals surface area contributed by atoms with Gasteiger partial charge in [0, 0.05) is 11.1 Å². The highest BCUT2D eigenvalue weighted by molar-refractivity contribution is 7.29. The van der Waals surface area contributed by atoms with E-state index in [1.54, 1.807) is 22.7 Å². The summed E-state index contributed by atoms with van der Waals surface area (Å²) in [6, 6.07) is 25.1. The third-order valence-corrected chi connectivity index (χ3v) is 6.13. The smallest absolute Gasteiger partial charge is 0.155 e. The zero-order chi connectivity index (χ0) is 15.9. The fourth-order valence-electron chi connectivity index (χ4n) is 2.87. The van der Waals surface area contributed by atoms with Crippen LogP contribution in [-0.2, 0) is 0 Å². The minimum absolute atomic E-state index is 1.02. The maximum atomic E-state index is 4.85. The van der Waals surface area contributed by atoms with Crippen molar-refractivity contribution in [2.45, 2.75) is 0 Å². The van der Waals surface area contributed by atoms with Crippen molar-refractivity contribution < 1.29 is 0 Å². The van der Waals surface area contributed by atoms with Gasteiger partial charge in [0.15, 0.2) is 9.66 Å². The van der Waals surface area contributed by atoms with E-state index >= 15 is 0 Å². The summed E-state index contributed by atoms with van der Waals surface area (Å²) in [7, 11) is 0. The summed E-state index contributed by atoms with van der Waals surface area (Å²) < 4.78 is 0. The van der Waals surface area contributed by atoms with Gasteiger partial charge in [0.1, 0.15) is 10.0 Å². The lowest BCUT2D eigenvalue weighted by molar-refractivity contribution is 1.49. The fraction of sp³-hybridized carbons (Fsp3) is 0. The molecule has 0 saturated heterocycles. The van der Waals surface area contributed by atoms with E-state index in [2.05, 4.69) is 54.6 Å². The van der Waals surface area contributed by atoms with Gasteiger partial charge in [-0.2, -0.15) is 0 Å². The number of fused-ring (bicyclic) bond motifs is 2. The summed E-state index contributed by atoms with van der Waals surface area (Å²) in [6.07, 6.45) is 0. The Morgan fingerprint density at radius 2 is 1.25 bits per heavy atom. The first kappa shape index (κ1) is 13.8. The zero-order valence-electron chi connectivity index (χ0n) is 12.6. The maximum absolute atomic E-state index is 4.85. The van der Waals surface area contributed by atoms with E-state index in [-0.39, 0.29) is 0 Å². The lowest BCUT2D eigenvalue weighted by Crippen LogP contribution is -1.79. The molecule has 5 aromatic rings. The Labute approximate surface area is 147 Å². The molecule has 0 fully saturated rings. The van der Waals surface area contributed by atoms with Gasteiger partial charge in [0.25, 0.3) is 0 Å². The number of aromatic nitrogens is 2. The van der Waals surface area contributed by atoms with E-state index in [4.69, 9.17) is 9.97 Å². The number of nitrogens with zero attached hydrogens (tertiary/aromatic N) is 2. The van der Waals surface area contributed by atoms with Gasteiger partial charge in [0.05, 0.1) is 0 Å². The Morgan fingerprint density at radius 3 is 2.12 bits per heavy atom. The van der Waals surface area contributed by atoms with Crippen LogP contribution >= 0.6 is 22.7 Å². The Bertz CT molecular complexity index is 1120. The average molecular weight is 344 g/mol. The van der Waals surface area contributed by atoms with Gasteiger partial charge in [-0.1, -0.05) is 95.5 Å². The molecule has 0 saturated carbocycles. The lowest BCUT2D eigenvalue weighted by Gasteiger charge is -2.02. The van der Waals surface area contributed by atoms with Crippen LogP contribution in [0.15, 0.2) is 72.8 Å². The molecule has 0 aliphatic carbocycles. The van der Waals surface area contributed by atoms with Crippen LogP contribution in [0.5, 0.6) is 0 Å². The van der Waals surface area contributed by atoms with Crippen LogP contribution < -0.4 is 0 Å². The Hall–Kier alpha value is -2.56. The van der Waals surface area contributed by atoms with Gasteiger partial charge in [-0.15, -0.1) is 0 Å². The van der Waals surface area contributed by atoms with Gasteiger partial charge in [-0.05, 0) is 10.8 Å².